The van der Waals surface area contributed by atoms with Crippen LogP contribution in [0.1, 0.15) is 85.1 Å². The van der Waals surface area contributed by atoms with Crippen LogP contribution < -0.4 is 0 Å². The van der Waals surface area contributed by atoms with Gasteiger partial charge >= 0.3 is 0 Å². The number of carbonyl (C=O) groups excluding carboxylic acids is 1. The van der Waals surface area contributed by atoms with Gasteiger partial charge in [-0.05, 0) is 118 Å². The lowest BCUT2D eigenvalue weighted by molar-refractivity contribution is -0.137. The largest absolute Gasteiger partial charge is 0.390 e. The van der Waals surface area contributed by atoms with Gasteiger partial charge in [0.25, 0.3) is 0 Å². The zero-order chi connectivity index (χ0) is 24.2. The van der Waals surface area contributed by atoms with Crippen LogP contribution in [0.2, 0.25) is 0 Å². The quantitative estimate of drug-likeness (QED) is 0.665. The minimum Gasteiger partial charge on any atom is -0.390 e. The van der Waals surface area contributed by atoms with E-state index in [2.05, 4.69) is 18.9 Å². The molecule has 5 aliphatic carbocycles. The molecule has 5 saturated carbocycles. The Bertz CT molecular complexity index is 976. The SMILES string of the molecule is C[C@H]1[C@@H]2[C@H]1[C@H](C(=O)Cn1cc(C(C)(C)O)cn1)[C@@]1(C)CC[C@H]3[C@@H](CC[C@@H]4C[C@](C)(O)CC[C@@H]43)[C@H]21. The normalized spacial score (nSPS) is 49.6. The van der Waals surface area contributed by atoms with Gasteiger partial charge in [-0.1, -0.05) is 13.8 Å². The maximum absolute atomic E-state index is 13.8. The zero-order valence-electron chi connectivity index (χ0n) is 21.7. The average Bonchev–Trinajstić information content (AvgIpc) is 3.10. The Hall–Kier alpha value is -1.20. The van der Waals surface area contributed by atoms with Crippen LogP contribution in [0.5, 0.6) is 0 Å². The van der Waals surface area contributed by atoms with Crippen LogP contribution in [0, 0.1) is 58.7 Å². The van der Waals surface area contributed by atoms with Crippen molar-refractivity contribution in [3.8, 4) is 0 Å². The van der Waals surface area contributed by atoms with E-state index in [4.69, 9.17) is 0 Å². The number of carbonyl (C=O) groups is 1. The van der Waals surface area contributed by atoms with Crippen molar-refractivity contribution in [3.05, 3.63) is 18.0 Å². The number of hydrogen-bond donors (Lipinski definition) is 2. The van der Waals surface area contributed by atoms with Gasteiger partial charge in [0.05, 0.1) is 23.9 Å². The summed E-state index contributed by atoms with van der Waals surface area (Å²) in [5.74, 6) is 6.19. The fraction of sp³-hybridized carbons (Fsp3) is 0.862. The van der Waals surface area contributed by atoms with Gasteiger partial charge in [0.15, 0.2) is 5.78 Å². The highest BCUT2D eigenvalue weighted by Crippen LogP contribution is 2.76. The van der Waals surface area contributed by atoms with Gasteiger partial charge in [0, 0.05) is 17.7 Å². The first kappa shape index (κ1) is 23.2. The minimum absolute atomic E-state index is 0.124. The highest BCUT2D eigenvalue weighted by atomic mass is 16.3. The van der Waals surface area contributed by atoms with Crippen LogP contribution in [0.4, 0.5) is 0 Å². The molecule has 5 heteroatoms. The van der Waals surface area contributed by atoms with Crippen LogP contribution in [0.25, 0.3) is 0 Å². The van der Waals surface area contributed by atoms with E-state index in [1.807, 2.05) is 13.1 Å². The van der Waals surface area contributed by atoms with E-state index < -0.39 is 11.2 Å². The predicted octanol–water partition coefficient (Wildman–Crippen LogP) is 4.80. The molecule has 1 aromatic heterocycles. The van der Waals surface area contributed by atoms with Crippen molar-refractivity contribution in [2.45, 2.75) is 97.3 Å². The molecule has 0 aliphatic heterocycles. The van der Waals surface area contributed by atoms with Gasteiger partial charge < -0.3 is 10.2 Å². The molecule has 2 N–H and O–H groups in total. The molecule has 5 aliphatic rings. The number of nitrogens with zero attached hydrogens (tertiary/aromatic N) is 2. The summed E-state index contributed by atoms with van der Waals surface area (Å²) in [6, 6.07) is 0. The van der Waals surface area contributed by atoms with Gasteiger partial charge in [-0.15, -0.1) is 0 Å². The molecule has 34 heavy (non-hydrogen) atoms. The molecule has 5 fully saturated rings. The smallest absolute Gasteiger partial charge is 0.158 e. The van der Waals surface area contributed by atoms with Crippen LogP contribution in [0.15, 0.2) is 12.4 Å². The lowest BCUT2D eigenvalue weighted by Gasteiger charge is -2.58. The Kier molecular flexibility index (Phi) is 5.06. The minimum atomic E-state index is -0.939. The third-order valence-corrected chi connectivity index (χ3v) is 11.6. The maximum atomic E-state index is 13.8. The van der Waals surface area contributed by atoms with E-state index in [0.29, 0.717) is 36.0 Å². The lowest BCUT2D eigenvalue weighted by atomic mass is 9.47. The topological polar surface area (TPSA) is 75.4 Å². The number of ketones is 1. The molecule has 0 bridgehead atoms. The second-order valence-corrected chi connectivity index (χ2v) is 14.1. The van der Waals surface area contributed by atoms with E-state index >= 15 is 0 Å². The molecule has 0 radical (unpaired) electrons. The molecule has 0 spiro atoms. The standard InChI is InChI=1S/C29H44N2O3/c1-16-23-24(16)26(22(32)15-31-14-18(13-30-31)27(2,3)33)29(5)11-9-20-19-8-10-28(4,34)12-17(19)6-7-21(20)25(23)29/h13-14,16-17,19-21,23-26,33-34H,6-12,15H2,1-5H3/t16-,17+,19-,20+,21+,23+,24-,25+,26-,28+,29-/m0/s1. The van der Waals surface area contributed by atoms with E-state index in [9.17, 15) is 15.0 Å². The summed E-state index contributed by atoms with van der Waals surface area (Å²) in [5, 5.41) is 25.4. The molecule has 6 rings (SSSR count). The number of fused-ring (bicyclic) bond motifs is 7. The van der Waals surface area contributed by atoms with Crippen molar-refractivity contribution in [2.24, 2.45) is 58.7 Å². The third kappa shape index (κ3) is 3.39. The van der Waals surface area contributed by atoms with Crippen molar-refractivity contribution in [3.63, 3.8) is 0 Å². The second kappa shape index (κ2) is 7.41. The van der Waals surface area contributed by atoms with Gasteiger partial charge in [-0.25, -0.2) is 0 Å². The number of hydrogen-bond acceptors (Lipinski definition) is 4. The summed E-state index contributed by atoms with van der Waals surface area (Å²) < 4.78 is 1.75. The molecular formula is C29H44N2O3. The second-order valence-electron chi connectivity index (χ2n) is 14.1. The maximum Gasteiger partial charge on any atom is 0.158 e. The summed E-state index contributed by atoms with van der Waals surface area (Å²) in [6.07, 6.45) is 11.7. The fourth-order valence-corrected chi connectivity index (χ4v) is 10.1. The number of aromatic nitrogens is 2. The number of aliphatic hydroxyl groups is 2. The van der Waals surface area contributed by atoms with Crippen molar-refractivity contribution >= 4 is 5.78 Å². The third-order valence-electron chi connectivity index (χ3n) is 11.6. The predicted molar refractivity (Wildman–Crippen MR) is 131 cm³/mol. The van der Waals surface area contributed by atoms with Gasteiger partial charge in [0.1, 0.15) is 0 Å². The van der Waals surface area contributed by atoms with E-state index in [1.165, 1.54) is 32.1 Å². The fourth-order valence-electron chi connectivity index (χ4n) is 10.1. The summed E-state index contributed by atoms with van der Waals surface area (Å²) in [7, 11) is 0. The molecule has 1 aromatic rings. The first-order chi connectivity index (χ1) is 15.9. The summed E-state index contributed by atoms with van der Waals surface area (Å²) in [5.41, 5.74) is -0.516. The van der Waals surface area contributed by atoms with E-state index in [-0.39, 0.29) is 11.3 Å². The summed E-state index contributed by atoms with van der Waals surface area (Å²) in [4.78, 5) is 13.8. The number of rotatable bonds is 4. The van der Waals surface area contributed by atoms with Crippen LogP contribution in [-0.2, 0) is 16.9 Å². The molecular weight excluding hydrogens is 424 g/mol. The first-order valence-electron chi connectivity index (χ1n) is 13.9. The summed E-state index contributed by atoms with van der Waals surface area (Å²) >= 11 is 0. The molecule has 5 nitrogen and oxygen atoms in total. The van der Waals surface area contributed by atoms with Crippen LogP contribution in [-0.4, -0.2) is 31.4 Å². The lowest BCUT2D eigenvalue weighted by Crippen LogP contribution is -2.52. The Morgan fingerprint density at radius 1 is 1.12 bits per heavy atom. The number of Topliss-reactive ketones (excluding diaryl/α,β-unsaturated/α-hetero) is 1. The van der Waals surface area contributed by atoms with Crippen molar-refractivity contribution in [1.29, 1.82) is 0 Å². The Labute approximate surface area is 204 Å². The van der Waals surface area contributed by atoms with Crippen molar-refractivity contribution in [2.75, 3.05) is 0 Å². The Balaban J connectivity index is 1.23. The molecule has 0 unspecified atom stereocenters. The monoisotopic (exact) mass is 468 g/mol. The van der Waals surface area contributed by atoms with Crippen molar-refractivity contribution in [1.82, 2.24) is 9.78 Å². The Morgan fingerprint density at radius 2 is 1.85 bits per heavy atom. The van der Waals surface area contributed by atoms with Crippen LogP contribution >= 0.6 is 0 Å². The summed E-state index contributed by atoms with van der Waals surface area (Å²) in [6.45, 7) is 10.7. The van der Waals surface area contributed by atoms with Gasteiger partial charge in [0.2, 0.25) is 0 Å². The molecule has 0 amide bonds. The first-order valence-corrected chi connectivity index (χ1v) is 13.9. The van der Waals surface area contributed by atoms with Gasteiger partial charge in [-0.3, -0.25) is 9.48 Å². The highest BCUT2D eigenvalue weighted by Gasteiger charge is 2.73. The molecule has 0 aromatic carbocycles. The van der Waals surface area contributed by atoms with E-state index in [0.717, 1.165) is 42.1 Å². The Morgan fingerprint density at radius 3 is 2.56 bits per heavy atom. The van der Waals surface area contributed by atoms with Crippen molar-refractivity contribution < 1.29 is 15.0 Å². The highest BCUT2D eigenvalue weighted by molar-refractivity contribution is 5.83. The van der Waals surface area contributed by atoms with Crippen LogP contribution in [0.3, 0.4) is 0 Å². The zero-order valence-corrected chi connectivity index (χ0v) is 21.7. The molecule has 188 valence electrons. The van der Waals surface area contributed by atoms with Gasteiger partial charge in [-0.2, -0.15) is 5.10 Å². The molecule has 1 heterocycles. The average molecular weight is 469 g/mol. The van der Waals surface area contributed by atoms with E-state index in [1.54, 1.807) is 24.7 Å². The molecule has 11 atom stereocenters. The molecule has 0 saturated heterocycles.